The first-order valence-corrected chi connectivity index (χ1v) is 9.04. The number of nitrogens with two attached hydrogens (primary N) is 1. The molecule has 0 spiro atoms. The van der Waals surface area contributed by atoms with E-state index in [4.69, 9.17) is 11.0 Å². The fraction of sp³-hybridized carbons (Fsp3) is 0.0588. The van der Waals surface area contributed by atoms with Gasteiger partial charge in [-0.1, -0.05) is 18.2 Å². The number of anilines is 1. The molecule has 3 rings (SSSR count). The molecule has 0 atom stereocenters. The molecule has 0 amide bonds. The molecule has 0 saturated heterocycles. The largest absolute Gasteiger partial charge is 0.505 e. The SMILES string of the molecule is Nc1ccc2c(O)c(N=Nc3ccccc3COO)c(S(=O)(=O)O)cc2c1. The van der Waals surface area contributed by atoms with Crippen LogP contribution in [0, 0.1) is 0 Å². The highest BCUT2D eigenvalue weighted by atomic mass is 32.2. The minimum atomic E-state index is -4.70. The minimum absolute atomic E-state index is 0.163. The van der Waals surface area contributed by atoms with Gasteiger partial charge in [0, 0.05) is 16.6 Å². The molecule has 27 heavy (non-hydrogen) atoms. The van der Waals surface area contributed by atoms with Gasteiger partial charge in [-0.15, -0.1) is 5.11 Å². The number of aromatic hydroxyl groups is 1. The van der Waals surface area contributed by atoms with Crippen molar-refractivity contribution in [2.75, 3.05) is 5.73 Å². The lowest BCUT2D eigenvalue weighted by Crippen LogP contribution is -1.99. The average Bonchev–Trinajstić information content (AvgIpc) is 2.61. The second kappa shape index (κ2) is 7.29. The smallest absolute Gasteiger partial charge is 0.296 e. The highest BCUT2D eigenvalue weighted by Crippen LogP contribution is 2.41. The molecule has 0 heterocycles. The van der Waals surface area contributed by atoms with Crippen molar-refractivity contribution in [1.82, 2.24) is 0 Å². The molecule has 0 unspecified atom stereocenters. The fourth-order valence-electron chi connectivity index (χ4n) is 2.57. The standard InChI is InChI=1S/C17H15N3O6S/c18-12-5-6-13-11(7-12)8-15(27(23,24)25)16(17(13)21)20-19-14-4-2-1-3-10(14)9-26-22/h1-8,21-22H,9,18H2,(H,23,24,25). The number of phenolic OH excluding ortho intramolecular Hbond substituents is 1. The van der Waals surface area contributed by atoms with Crippen molar-refractivity contribution in [3.8, 4) is 5.75 Å². The Kier molecular flexibility index (Phi) is 5.06. The van der Waals surface area contributed by atoms with E-state index in [1.807, 2.05) is 0 Å². The van der Waals surface area contributed by atoms with Crippen LogP contribution in [0.5, 0.6) is 5.75 Å². The summed E-state index contributed by atoms with van der Waals surface area (Å²) in [6.07, 6.45) is 0. The van der Waals surface area contributed by atoms with E-state index in [1.165, 1.54) is 18.2 Å². The van der Waals surface area contributed by atoms with E-state index >= 15 is 0 Å². The Bertz CT molecular complexity index is 1140. The van der Waals surface area contributed by atoms with Gasteiger partial charge in [0.15, 0.2) is 5.75 Å². The number of hydrogen-bond donors (Lipinski definition) is 4. The molecule has 5 N–H and O–H groups in total. The molecule has 0 saturated carbocycles. The van der Waals surface area contributed by atoms with Gasteiger partial charge in [0.05, 0.1) is 5.69 Å². The maximum Gasteiger partial charge on any atom is 0.296 e. The second-order valence-corrected chi connectivity index (χ2v) is 7.02. The number of phenols is 1. The Morgan fingerprint density at radius 2 is 1.81 bits per heavy atom. The molecule has 140 valence electrons. The molecule has 0 fully saturated rings. The summed E-state index contributed by atoms with van der Waals surface area (Å²) in [4.78, 5) is 3.48. The van der Waals surface area contributed by atoms with Crippen molar-refractivity contribution in [2.24, 2.45) is 10.2 Å². The van der Waals surface area contributed by atoms with E-state index in [9.17, 15) is 18.1 Å². The van der Waals surface area contributed by atoms with Gasteiger partial charge in [-0.25, -0.2) is 4.89 Å². The van der Waals surface area contributed by atoms with Crippen LogP contribution < -0.4 is 5.73 Å². The maximum absolute atomic E-state index is 11.8. The normalized spacial score (nSPS) is 12.1. The van der Waals surface area contributed by atoms with Gasteiger partial charge in [-0.2, -0.15) is 13.5 Å². The predicted molar refractivity (Wildman–Crippen MR) is 97.9 cm³/mol. The number of nitrogen functional groups attached to an aromatic ring is 1. The summed E-state index contributed by atoms with van der Waals surface area (Å²) < 4.78 is 33.1. The highest BCUT2D eigenvalue weighted by molar-refractivity contribution is 7.86. The van der Waals surface area contributed by atoms with E-state index in [1.54, 1.807) is 24.3 Å². The summed E-state index contributed by atoms with van der Waals surface area (Å²) >= 11 is 0. The summed E-state index contributed by atoms with van der Waals surface area (Å²) in [5, 5.41) is 27.5. The lowest BCUT2D eigenvalue weighted by atomic mass is 10.1. The minimum Gasteiger partial charge on any atom is -0.505 e. The van der Waals surface area contributed by atoms with Crippen LogP contribution in [0.2, 0.25) is 0 Å². The van der Waals surface area contributed by atoms with Crippen LogP contribution in [0.15, 0.2) is 63.7 Å². The third-order valence-electron chi connectivity index (χ3n) is 3.82. The Morgan fingerprint density at radius 3 is 2.52 bits per heavy atom. The summed E-state index contributed by atoms with van der Waals surface area (Å²) in [7, 11) is -4.70. The molecule has 0 radical (unpaired) electrons. The van der Waals surface area contributed by atoms with Crippen LogP contribution in [0.4, 0.5) is 17.1 Å². The zero-order chi connectivity index (χ0) is 19.6. The number of azo groups is 1. The molecule has 3 aromatic carbocycles. The quantitative estimate of drug-likeness (QED) is 0.170. The topological polar surface area (TPSA) is 155 Å². The number of benzene rings is 3. The molecule has 0 aliphatic rings. The van der Waals surface area contributed by atoms with E-state index < -0.39 is 26.5 Å². The Balaban J connectivity index is 2.22. The third-order valence-corrected chi connectivity index (χ3v) is 4.69. The van der Waals surface area contributed by atoms with Gasteiger partial charge in [-0.05, 0) is 35.7 Å². The lowest BCUT2D eigenvalue weighted by Gasteiger charge is -2.09. The van der Waals surface area contributed by atoms with E-state index in [0.717, 1.165) is 6.07 Å². The summed E-state index contributed by atoms with van der Waals surface area (Å²) in [6.45, 7) is -0.163. The lowest BCUT2D eigenvalue weighted by molar-refractivity contribution is -0.252. The molecule has 9 nitrogen and oxygen atoms in total. The number of fused-ring (bicyclic) bond motifs is 1. The van der Waals surface area contributed by atoms with E-state index in [0.29, 0.717) is 16.6 Å². The van der Waals surface area contributed by atoms with Crippen LogP contribution in [0.3, 0.4) is 0 Å². The van der Waals surface area contributed by atoms with Crippen molar-refractivity contribution >= 4 is 38.0 Å². The highest BCUT2D eigenvalue weighted by Gasteiger charge is 2.22. The number of hydrogen-bond acceptors (Lipinski definition) is 8. The van der Waals surface area contributed by atoms with Gasteiger partial charge in [-0.3, -0.25) is 9.81 Å². The van der Waals surface area contributed by atoms with Crippen LogP contribution in [-0.4, -0.2) is 23.3 Å². The van der Waals surface area contributed by atoms with Gasteiger partial charge in [0.25, 0.3) is 10.1 Å². The summed E-state index contributed by atoms with van der Waals surface area (Å²) in [6, 6.07) is 12.2. The molecule has 0 aliphatic carbocycles. The van der Waals surface area contributed by atoms with Gasteiger partial charge in [0.1, 0.15) is 17.2 Å². The van der Waals surface area contributed by atoms with Crippen molar-refractivity contribution in [1.29, 1.82) is 0 Å². The summed E-state index contributed by atoms with van der Waals surface area (Å²) in [5.74, 6) is -0.472. The van der Waals surface area contributed by atoms with Crippen LogP contribution in [-0.2, 0) is 21.6 Å². The number of rotatable bonds is 5. The summed E-state index contributed by atoms with van der Waals surface area (Å²) in [5.41, 5.74) is 6.38. The average molecular weight is 389 g/mol. The molecular weight excluding hydrogens is 374 g/mol. The van der Waals surface area contributed by atoms with E-state index in [-0.39, 0.29) is 17.7 Å². The van der Waals surface area contributed by atoms with E-state index in [2.05, 4.69) is 15.1 Å². The predicted octanol–water partition coefficient (Wildman–Crippen LogP) is 3.78. The maximum atomic E-state index is 11.8. The molecule has 0 aliphatic heterocycles. The Morgan fingerprint density at radius 1 is 1.07 bits per heavy atom. The van der Waals surface area contributed by atoms with Crippen LogP contribution >= 0.6 is 0 Å². The first-order chi connectivity index (χ1) is 12.8. The Hall–Kier alpha value is -3.05. The zero-order valence-electron chi connectivity index (χ0n) is 13.8. The molecule has 0 aromatic heterocycles. The fourth-order valence-corrected chi connectivity index (χ4v) is 3.22. The molecular formula is C17H15N3O6S. The number of nitrogens with zero attached hydrogens (tertiary/aromatic N) is 2. The second-order valence-electron chi connectivity index (χ2n) is 5.63. The zero-order valence-corrected chi connectivity index (χ0v) is 14.6. The Labute approximate surface area is 154 Å². The van der Waals surface area contributed by atoms with Crippen LogP contribution in [0.25, 0.3) is 10.8 Å². The third kappa shape index (κ3) is 3.88. The van der Waals surface area contributed by atoms with Crippen LogP contribution in [0.1, 0.15) is 5.56 Å². The monoisotopic (exact) mass is 389 g/mol. The molecule has 10 heteroatoms. The first kappa shape index (κ1) is 18.7. The van der Waals surface area contributed by atoms with Crippen molar-refractivity contribution in [3.05, 3.63) is 54.1 Å². The van der Waals surface area contributed by atoms with Gasteiger partial charge in [0.2, 0.25) is 0 Å². The van der Waals surface area contributed by atoms with Gasteiger partial charge >= 0.3 is 0 Å². The first-order valence-electron chi connectivity index (χ1n) is 7.60. The van der Waals surface area contributed by atoms with Crippen molar-refractivity contribution in [3.63, 3.8) is 0 Å². The molecule has 3 aromatic rings. The molecule has 0 bridgehead atoms. The van der Waals surface area contributed by atoms with Crippen molar-refractivity contribution < 1.29 is 28.2 Å². The van der Waals surface area contributed by atoms with Gasteiger partial charge < -0.3 is 10.8 Å². The van der Waals surface area contributed by atoms with Crippen molar-refractivity contribution in [2.45, 2.75) is 11.5 Å².